The summed E-state index contributed by atoms with van der Waals surface area (Å²) in [6.07, 6.45) is 5.08. The molecular formula is C31H43N3. The highest BCUT2D eigenvalue weighted by Crippen LogP contribution is 2.29. The van der Waals surface area contributed by atoms with Crippen molar-refractivity contribution >= 4 is 11.7 Å². The normalized spacial score (nSPS) is 16.5. The maximum Gasteiger partial charge on any atom is 0.126 e. The Morgan fingerprint density at radius 2 is 1.06 bits per heavy atom. The van der Waals surface area contributed by atoms with E-state index in [1.54, 1.807) is 0 Å². The van der Waals surface area contributed by atoms with Crippen molar-refractivity contribution in [3.63, 3.8) is 0 Å². The standard InChI is InChI=1S/C31H43N3/c1-20(2)24-12-9-13-25(21(3)4)28(24)18-32-30-16-11-17-31(34-30)33-19-29-26(22(5)6)14-10-15-27(29)23(7)8/h9-16,20-23H,17-19H2,1-8H3,(H,32,33,34). The molecule has 1 aliphatic rings. The minimum Gasteiger partial charge on any atom is -0.329 e. The van der Waals surface area contributed by atoms with Gasteiger partial charge in [0.1, 0.15) is 11.7 Å². The lowest BCUT2D eigenvalue weighted by Gasteiger charge is -2.20. The Morgan fingerprint density at radius 3 is 1.47 bits per heavy atom. The predicted molar refractivity (Wildman–Crippen MR) is 148 cm³/mol. The van der Waals surface area contributed by atoms with Crippen LogP contribution in [-0.4, -0.2) is 11.7 Å². The minimum atomic E-state index is 0.483. The van der Waals surface area contributed by atoms with Gasteiger partial charge in [-0.3, -0.25) is 9.98 Å². The van der Waals surface area contributed by atoms with E-state index >= 15 is 0 Å². The zero-order valence-corrected chi connectivity index (χ0v) is 22.4. The van der Waals surface area contributed by atoms with E-state index in [9.17, 15) is 0 Å². The van der Waals surface area contributed by atoms with E-state index in [2.05, 4.69) is 109 Å². The first kappa shape index (κ1) is 25.9. The molecule has 1 N–H and O–H groups in total. The molecule has 0 atom stereocenters. The van der Waals surface area contributed by atoms with E-state index in [1.807, 2.05) is 0 Å². The van der Waals surface area contributed by atoms with E-state index in [4.69, 9.17) is 9.98 Å². The molecule has 0 fully saturated rings. The number of rotatable bonds is 8. The first-order chi connectivity index (χ1) is 16.2. The zero-order valence-electron chi connectivity index (χ0n) is 22.4. The fraction of sp³-hybridized carbons (Fsp3) is 0.484. The molecule has 0 radical (unpaired) electrons. The highest BCUT2D eigenvalue weighted by Gasteiger charge is 2.16. The first-order valence-corrected chi connectivity index (χ1v) is 12.9. The summed E-state index contributed by atoms with van der Waals surface area (Å²) in [5.74, 6) is 3.84. The van der Waals surface area contributed by atoms with Crippen molar-refractivity contribution in [3.05, 3.63) is 81.9 Å². The van der Waals surface area contributed by atoms with Gasteiger partial charge in [-0.25, -0.2) is 0 Å². The Bertz CT molecular complexity index is 1020. The average molecular weight is 458 g/mol. The lowest BCUT2D eigenvalue weighted by atomic mass is 9.89. The molecular weight excluding hydrogens is 414 g/mol. The van der Waals surface area contributed by atoms with Gasteiger partial charge in [0.15, 0.2) is 0 Å². The maximum atomic E-state index is 5.01. The van der Waals surface area contributed by atoms with Crippen LogP contribution < -0.4 is 5.32 Å². The van der Waals surface area contributed by atoms with Crippen LogP contribution in [0.3, 0.4) is 0 Å². The molecule has 2 aromatic rings. The SMILES string of the molecule is CC(C)c1cccc(C(C)C)c1C/N=C1/CC=C/C(=N\Cc2c(C(C)C)cccc2C(C)C)N1. The summed E-state index contributed by atoms with van der Waals surface area (Å²) < 4.78 is 0. The fourth-order valence-corrected chi connectivity index (χ4v) is 4.83. The van der Waals surface area contributed by atoms with Crippen molar-refractivity contribution in [1.29, 1.82) is 0 Å². The number of hydrogen-bond donors (Lipinski definition) is 1. The topological polar surface area (TPSA) is 36.8 Å². The molecule has 1 heterocycles. The molecule has 1 aliphatic heterocycles. The van der Waals surface area contributed by atoms with Gasteiger partial charge in [0.2, 0.25) is 0 Å². The molecule has 2 aromatic carbocycles. The van der Waals surface area contributed by atoms with Crippen LogP contribution in [0.5, 0.6) is 0 Å². The molecule has 0 aromatic heterocycles. The Hall–Kier alpha value is -2.68. The fourth-order valence-electron chi connectivity index (χ4n) is 4.83. The average Bonchev–Trinajstić information content (AvgIpc) is 2.80. The molecule has 3 heteroatoms. The number of nitrogens with one attached hydrogen (secondary N) is 1. The van der Waals surface area contributed by atoms with Crippen molar-refractivity contribution in [2.45, 2.75) is 98.6 Å². The van der Waals surface area contributed by atoms with Crippen LogP contribution in [0, 0.1) is 0 Å². The number of amidine groups is 2. The van der Waals surface area contributed by atoms with E-state index < -0.39 is 0 Å². The van der Waals surface area contributed by atoms with Gasteiger partial charge in [0.25, 0.3) is 0 Å². The van der Waals surface area contributed by atoms with Crippen LogP contribution in [0.2, 0.25) is 0 Å². The summed E-state index contributed by atoms with van der Waals surface area (Å²) in [6.45, 7) is 19.5. The van der Waals surface area contributed by atoms with Crippen LogP contribution in [0.15, 0.2) is 58.5 Å². The Labute approximate surface area is 207 Å². The van der Waals surface area contributed by atoms with Gasteiger partial charge in [-0.2, -0.15) is 0 Å². The van der Waals surface area contributed by atoms with Crippen LogP contribution in [-0.2, 0) is 13.1 Å². The van der Waals surface area contributed by atoms with Crippen LogP contribution >= 0.6 is 0 Å². The van der Waals surface area contributed by atoms with E-state index in [1.165, 1.54) is 33.4 Å². The quantitative estimate of drug-likeness (QED) is 0.426. The van der Waals surface area contributed by atoms with Crippen LogP contribution in [0.4, 0.5) is 0 Å². The summed E-state index contributed by atoms with van der Waals surface area (Å²) in [5, 5.41) is 3.50. The van der Waals surface area contributed by atoms with E-state index in [0.717, 1.165) is 18.1 Å². The molecule has 0 spiro atoms. The molecule has 0 aliphatic carbocycles. The molecule has 3 rings (SSSR count). The zero-order chi connectivity index (χ0) is 24.8. The lowest BCUT2D eigenvalue weighted by Crippen LogP contribution is -2.32. The lowest BCUT2D eigenvalue weighted by molar-refractivity contribution is 0.792. The molecule has 182 valence electrons. The second kappa shape index (κ2) is 11.6. The minimum absolute atomic E-state index is 0.483. The second-order valence-corrected chi connectivity index (χ2v) is 10.6. The van der Waals surface area contributed by atoms with Gasteiger partial charge >= 0.3 is 0 Å². The number of benzene rings is 2. The molecule has 0 unspecified atom stereocenters. The van der Waals surface area contributed by atoms with Crippen LogP contribution in [0.25, 0.3) is 0 Å². The third-order valence-electron chi connectivity index (χ3n) is 6.68. The largest absolute Gasteiger partial charge is 0.329 e. The van der Waals surface area contributed by atoms with Gasteiger partial charge in [-0.05, 0) is 63.1 Å². The molecule has 0 saturated heterocycles. The predicted octanol–water partition coefficient (Wildman–Crippen LogP) is 8.23. The van der Waals surface area contributed by atoms with Crippen molar-refractivity contribution in [1.82, 2.24) is 5.32 Å². The number of hydrogen-bond acceptors (Lipinski definition) is 2. The number of aliphatic imine (C=N–C) groups is 2. The molecule has 3 nitrogen and oxygen atoms in total. The summed E-state index contributed by atoms with van der Waals surface area (Å²) in [5.41, 5.74) is 8.35. The monoisotopic (exact) mass is 457 g/mol. The van der Waals surface area contributed by atoms with Crippen molar-refractivity contribution < 1.29 is 0 Å². The van der Waals surface area contributed by atoms with Gasteiger partial charge < -0.3 is 5.32 Å². The van der Waals surface area contributed by atoms with Crippen molar-refractivity contribution in [2.24, 2.45) is 9.98 Å². The van der Waals surface area contributed by atoms with Crippen molar-refractivity contribution in [2.75, 3.05) is 0 Å². The number of nitrogens with zero attached hydrogens (tertiary/aromatic N) is 2. The highest BCUT2D eigenvalue weighted by atomic mass is 15.1. The molecule has 34 heavy (non-hydrogen) atoms. The summed E-state index contributed by atoms with van der Waals surface area (Å²) in [6, 6.07) is 13.4. The smallest absolute Gasteiger partial charge is 0.126 e. The van der Waals surface area contributed by atoms with Gasteiger partial charge in [-0.15, -0.1) is 0 Å². The third kappa shape index (κ3) is 6.25. The van der Waals surface area contributed by atoms with Crippen LogP contribution in [0.1, 0.15) is 119 Å². The Morgan fingerprint density at radius 1 is 0.647 bits per heavy atom. The molecule has 0 saturated carbocycles. The first-order valence-electron chi connectivity index (χ1n) is 12.9. The molecule has 0 amide bonds. The third-order valence-corrected chi connectivity index (χ3v) is 6.68. The maximum absolute atomic E-state index is 5.01. The van der Waals surface area contributed by atoms with Gasteiger partial charge in [-0.1, -0.05) is 97.9 Å². The summed E-state index contributed by atoms with van der Waals surface area (Å²) >= 11 is 0. The van der Waals surface area contributed by atoms with Gasteiger partial charge in [0.05, 0.1) is 13.1 Å². The Balaban J connectivity index is 1.83. The summed E-state index contributed by atoms with van der Waals surface area (Å²) in [7, 11) is 0. The Kier molecular flexibility index (Phi) is 8.88. The molecule has 0 bridgehead atoms. The second-order valence-electron chi connectivity index (χ2n) is 10.6. The summed E-state index contributed by atoms with van der Waals surface area (Å²) in [4.78, 5) is 9.98. The highest BCUT2D eigenvalue weighted by molar-refractivity contribution is 6.09. The van der Waals surface area contributed by atoms with Crippen molar-refractivity contribution in [3.8, 4) is 0 Å². The van der Waals surface area contributed by atoms with Gasteiger partial charge in [0, 0.05) is 6.42 Å². The van der Waals surface area contributed by atoms with E-state index in [-0.39, 0.29) is 0 Å². The van der Waals surface area contributed by atoms with E-state index in [0.29, 0.717) is 36.8 Å².